The number of tetrazole rings is 1. The first-order valence-corrected chi connectivity index (χ1v) is 5.73. The predicted octanol–water partition coefficient (Wildman–Crippen LogP) is 2.05. The minimum absolute atomic E-state index is 0.0529. The van der Waals surface area contributed by atoms with E-state index in [0.717, 1.165) is 24.9 Å². The number of benzene rings is 1. The molecule has 0 spiro atoms. The van der Waals surface area contributed by atoms with E-state index in [4.69, 9.17) is 0 Å². The SMILES string of the molecule is CCCCn1nnc(-c2ccc([N+](=O)[O-])cc2)n1. The topological polar surface area (TPSA) is 86.7 Å². The molecule has 0 saturated carbocycles. The van der Waals surface area contributed by atoms with Gasteiger partial charge in [-0.3, -0.25) is 10.1 Å². The summed E-state index contributed by atoms with van der Waals surface area (Å²) in [7, 11) is 0. The summed E-state index contributed by atoms with van der Waals surface area (Å²) in [5, 5.41) is 22.6. The summed E-state index contributed by atoms with van der Waals surface area (Å²) in [6.45, 7) is 2.82. The van der Waals surface area contributed by atoms with Crippen molar-refractivity contribution in [1.29, 1.82) is 0 Å². The lowest BCUT2D eigenvalue weighted by Gasteiger charge is -1.95. The van der Waals surface area contributed by atoms with E-state index in [-0.39, 0.29) is 5.69 Å². The molecule has 94 valence electrons. The van der Waals surface area contributed by atoms with E-state index >= 15 is 0 Å². The number of hydrogen-bond acceptors (Lipinski definition) is 5. The molecule has 1 aromatic carbocycles. The van der Waals surface area contributed by atoms with Crippen LogP contribution in [0.25, 0.3) is 11.4 Å². The van der Waals surface area contributed by atoms with Gasteiger partial charge in [0.1, 0.15) is 0 Å². The monoisotopic (exact) mass is 247 g/mol. The second-order valence-corrected chi connectivity index (χ2v) is 3.87. The minimum Gasteiger partial charge on any atom is -0.258 e. The van der Waals surface area contributed by atoms with Crippen molar-refractivity contribution in [2.75, 3.05) is 0 Å². The molecule has 0 aliphatic carbocycles. The van der Waals surface area contributed by atoms with Crippen molar-refractivity contribution in [3.05, 3.63) is 34.4 Å². The molecule has 0 radical (unpaired) electrons. The predicted molar refractivity (Wildman–Crippen MR) is 64.8 cm³/mol. The lowest BCUT2D eigenvalue weighted by Crippen LogP contribution is -2.01. The summed E-state index contributed by atoms with van der Waals surface area (Å²) >= 11 is 0. The van der Waals surface area contributed by atoms with Crippen LogP contribution in [-0.4, -0.2) is 25.1 Å². The molecule has 2 rings (SSSR count). The third kappa shape index (κ3) is 2.68. The average molecular weight is 247 g/mol. The van der Waals surface area contributed by atoms with Crippen LogP contribution in [0.1, 0.15) is 19.8 Å². The van der Waals surface area contributed by atoms with Gasteiger partial charge in [-0.1, -0.05) is 13.3 Å². The number of nitro groups is 1. The third-order valence-corrected chi connectivity index (χ3v) is 2.50. The Bertz CT molecular complexity index is 535. The molecule has 0 aliphatic rings. The van der Waals surface area contributed by atoms with E-state index < -0.39 is 4.92 Å². The molecular formula is C11H13N5O2. The largest absolute Gasteiger partial charge is 0.269 e. The van der Waals surface area contributed by atoms with E-state index in [0.29, 0.717) is 5.82 Å². The zero-order valence-electron chi connectivity index (χ0n) is 9.98. The van der Waals surface area contributed by atoms with Gasteiger partial charge in [0.15, 0.2) is 0 Å². The normalized spacial score (nSPS) is 10.5. The zero-order valence-corrected chi connectivity index (χ0v) is 9.98. The van der Waals surface area contributed by atoms with Crippen LogP contribution in [0.3, 0.4) is 0 Å². The van der Waals surface area contributed by atoms with Gasteiger partial charge in [-0.15, -0.1) is 10.2 Å². The number of rotatable bonds is 5. The Balaban J connectivity index is 2.15. The fourth-order valence-corrected chi connectivity index (χ4v) is 1.49. The average Bonchev–Trinajstić information content (AvgIpc) is 2.85. The Morgan fingerprint density at radius 2 is 2.06 bits per heavy atom. The second-order valence-electron chi connectivity index (χ2n) is 3.87. The second kappa shape index (κ2) is 5.35. The summed E-state index contributed by atoms with van der Waals surface area (Å²) in [5.74, 6) is 0.487. The van der Waals surface area contributed by atoms with Gasteiger partial charge < -0.3 is 0 Å². The molecule has 7 nitrogen and oxygen atoms in total. The van der Waals surface area contributed by atoms with E-state index in [9.17, 15) is 10.1 Å². The summed E-state index contributed by atoms with van der Waals surface area (Å²) in [6, 6.07) is 6.11. The summed E-state index contributed by atoms with van der Waals surface area (Å²) in [4.78, 5) is 11.6. The van der Waals surface area contributed by atoms with Crippen molar-refractivity contribution in [1.82, 2.24) is 20.2 Å². The van der Waals surface area contributed by atoms with E-state index in [1.165, 1.54) is 12.1 Å². The van der Waals surface area contributed by atoms with Crippen LogP contribution in [0.4, 0.5) is 5.69 Å². The van der Waals surface area contributed by atoms with Crippen LogP contribution in [0.15, 0.2) is 24.3 Å². The van der Waals surface area contributed by atoms with Crippen LogP contribution < -0.4 is 0 Å². The van der Waals surface area contributed by atoms with Gasteiger partial charge in [0, 0.05) is 17.7 Å². The fourth-order valence-electron chi connectivity index (χ4n) is 1.49. The molecule has 1 heterocycles. The highest BCUT2D eigenvalue weighted by Gasteiger charge is 2.08. The van der Waals surface area contributed by atoms with Gasteiger partial charge in [0.25, 0.3) is 5.69 Å². The highest BCUT2D eigenvalue weighted by Crippen LogP contribution is 2.18. The molecule has 0 saturated heterocycles. The molecule has 18 heavy (non-hydrogen) atoms. The Morgan fingerprint density at radius 3 is 2.67 bits per heavy atom. The molecular weight excluding hydrogens is 234 g/mol. The highest BCUT2D eigenvalue weighted by atomic mass is 16.6. The fraction of sp³-hybridized carbons (Fsp3) is 0.364. The molecule has 0 N–H and O–H groups in total. The smallest absolute Gasteiger partial charge is 0.258 e. The lowest BCUT2D eigenvalue weighted by atomic mass is 10.2. The number of unbranched alkanes of at least 4 members (excludes halogenated alkanes) is 1. The molecule has 1 aromatic heterocycles. The van der Waals surface area contributed by atoms with Crippen molar-refractivity contribution in [3.8, 4) is 11.4 Å². The first-order valence-electron chi connectivity index (χ1n) is 5.73. The molecule has 0 fully saturated rings. The standard InChI is InChI=1S/C11H13N5O2/c1-2-3-8-15-13-11(12-14-15)9-4-6-10(7-5-9)16(17)18/h4-7H,2-3,8H2,1H3. The maximum Gasteiger partial charge on any atom is 0.269 e. The third-order valence-electron chi connectivity index (χ3n) is 2.50. The zero-order chi connectivity index (χ0) is 13.0. The van der Waals surface area contributed by atoms with Crippen molar-refractivity contribution in [2.24, 2.45) is 0 Å². The maximum atomic E-state index is 10.5. The van der Waals surface area contributed by atoms with Crippen molar-refractivity contribution in [2.45, 2.75) is 26.3 Å². The number of non-ortho nitro benzene ring substituents is 1. The van der Waals surface area contributed by atoms with Crippen molar-refractivity contribution < 1.29 is 4.92 Å². The van der Waals surface area contributed by atoms with Crippen LogP contribution in [0.2, 0.25) is 0 Å². The number of nitrogens with zero attached hydrogens (tertiary/aromatic N) is 5. The van der Waals surface area contributed by atoms with Gasteiger partial charge in [-0.2, -0.15) is 4.80 Å². The Morgan fingerprint density at radius 1 is 1.33 bits per heavy atom. The van der Waals surface area contributed by atoms with Crippen molar-refractivity contribution in [3.63, 3.8) is 0 Å². The summed E-state index contributed by atoms with van der Waals surface area (Å²) in [6.07, 6.45) is 2.06. The Hall–Kier alpha value is -2.31. The molecule has 0 aliphatic heterocycles. The molecule has 2 aromatic rings. The van der Waals surface area contributed by atoms with Gasteiger partial charge in [0.2, 0.25) is 5.82 Å². The lowest BCUT2D eigenvalue weighted by molar-refractivity contribution is -0.384. The maximum absolute atomic E-state index is 10.5. The van der Waals surface area contributed by atoms with Crippen LogP contribution >= 0.6 is 0 Å². The van der Waals surface area contributed by atoms with Gasteiger partial charge in [-0.25, -0.2) is 0 Å². The van der Waals surface area contributed by atoms with E-state index in [1.807, 2.05) is 0 Å². The summed E-state index contributed by atoms with van der Waals surface area (Å²) < 4.78 is 0. The number of aryl methyl sites for hydroxylation is 1. The van der Waals surface area contributed by atoms with E-state index in [2.05, 4.69) is 22.3 Å². The molecule has 0 bridgehead atoms. The molecule has 0 unspecified atom stereocenters. The van der Waals surface area contributed by atoms with Crippen LogP contribution in [0.5, 0.6) is 0 Å². The Kier molecular flexibility index (Phi) is 3.61. The molecule has 7 heteroatoms. The number of nitro benzene ring substituents is 1. The molecule has 0 atom stereocenters. The van der Waals surface area contributed by atoms with Gasteiger partial charge in [0.05, 0.1) is 11.5 Å². The number of aromatic nitrogens is 4. The van der Waals surface area contributed by atoms with Crippen molar-refractivity contribution >= 4 is 5.69 Å². The van der Waals surface area contributed by atoms with Gasteiger partial charge >= 0.3 is 0 Å². The molecule has 0 amide bonds. The first kappa shape index (κ1) is 12.2. The van der Waals surface area contributed by atoms with Crippen LogP contribution in [0, 0.1) is 10.1 Å². The number of hydrogen-bond donors (Lipinski definition) is 0. The highest BCUT2D eigenvalue weighted by molar-refractivity contribution is 5.56. The minimum atomic E-state index is -0.435. The quantitative estimate of drug-likeness (QED) is 0.596. The van der Waals surface area contributed by atoms with Gasteiger partial charge in [-0.05, 0) is 23.8 Å². The van der Waals surface area contributed by atoms with E-state index in [1.54, 1.807) is 16.9 Å². The summed E-state index contributed by atoms with van der Waals surface area (Å²) in [5.41, 5.74) is 0.778. The van der Waals surface area contributed by atoms with Crippen LogP contribution in [-0.2, 0) is 6.54 Å². The first-order chi connectivity index (χ1) is 8.70. The Labute approximate surface area is 104 Å².